The summed E-state index contributed by atoms with van der Waals surface area (Å²) in [6.45, 7) is 3.75. The van der Waals surface area contributed by atoms with E-state index >= 15 is 0 Å². The molecule has 0 saturated carbocycles. The molecule has 2 aromatic carbocycles. The van der Waals surface area contributed by atoms with Crippen molar-refractivity contribution in [3.8, 4) is 11.5 Å². The maximum absolute atomic E-state index is 12.3. The van der Waals surface area contributed by atoms with Gasteiger partial charge < -0.3 is 9.47 Å². The van der Waals surface area contributed by atoms with E-state index in [1.54, 1.807) is 5.01 Å². The van der Waals surface area contributed by atoms with Crippen LogP contribution in [0.2, 0.25) is 5.15 Å². The molecule has 0 bridgehead atoms. The molecule has 6 nitrogen and oxygen atoms in total. The lowest BCUT2D eigenvalue weighted by Crippen LogP contribution is -2.38. The molecule has 0 spiro atoms. The zero-order valence-electron chi connectivity index (χ0n) is 15.9. The number of carbonyl (C=O) groups is 1. The molecule has 1 N–H and O–H groups in total. The number of benzene rings is 2. The number of nitrogens with zero attached hydrogens (tertiary/aromatic N) is 2. The number of hydrogen-bond acceptors (Lipinski definition) is 5. The van der Waals surface area contributed by atoms with Gasteiger partial charge in [-0.25, -0.2) is 9.99 Å². The maximum Gasteiger partial charge on any atom is 0.238 e. The van der Waals surface area contributed by atoms with Crippen LogP contribution in [0.5, 0.6) is 11.5 Å². The largest absolute Gasteiger partial charge is 0.454 e. The van der Waals surface area contributed by atoms with Crippen molar-refractivity contribution in [3.63, 3.8) is 0 Å². The van der Waals surface area contributed by atoms with Gasteiger partial charge in [0.05, 0.1) is 11.2 Å². The molecular weight excluding hydrogens is 390 g/mol. The standard InChI is InChI=1S/C22H18ClN3O3/c1-12-3-5-14(6-4-12)18-9-19(26(25-18)13(2)27)16-7-15-8-20-21(29-11-28-20)10-17(15)24-22(16)23/h3-10,19,25H,11H2,1-2H3/t19-/m0/s1. The molecule has 3 heterocycles. The number of halogens is 1. The fourth-order valence-corrected chi connectivity index (χ4v) is 3.89. The van der Waals surface area contributed by atoms with Crippen LogP contribution in [-0.4, -0.2) is 22.7 Å². The van der Waals surface area contributed by atoms with Crippen LogP contribution in [0, 0.1) is 6.92 Å². The normalized spacial score (nSPS) is 17.4. The molecule has 2 aliphatic heterocycles. The predicted octanol–water partition coefficient (Wildman–Crippen LogP) is 4.37. The van der Waals surface area contributed by atoms with Gasteiger partial charge in [0.2, 0.25) is 12.7 Å². The van der Waals surface area contributed by atoms with E-state index in [2.05, 4.69) is 10.4 Å². The predicted molar refractivity (Wildman–Crippen MR) is 110 cm³/mol. The Kier molecular flexibility index (Phi) is 4.10. The van der Waals surface area contributed by atoms with Gasteiger partial charge in [-0.3, -0.25) is 10.2 Å². The third kappa shape index (κ3) is 3.06. The maximum atomic E-state index is 12.3. The van der Waals surface area contributed by atoms with E-state index in [1.165, 1.54) is 12.5 Å². The van der Waals surface area contributed by atoms with Crippen LogP contribution in [0.3, 0.4) is 0 Å². The number of rotatable bonds is 2. The Hall–Kier alpha value is -3.25. The highest BCUT2D eigenvalue weighted by atomic mass is 35.5. The van der Waals surface area contributed by atoms with Crippen molar-refractivity contribution in [1.82, 2.24) is 15.4 Å². The molecule has 3 aromatic rings. The first kappa shape index (κ1) is 17.8. The minimum atomic E-state index is -0.376. The number of nitrogens with one attached hydrogen (secondary N) is 1. The number of pyridine rings is 1. The van der Waals surface area contributed by atoms with E-state index in [9.17, 15) is 4.79 Å². The van der Waals surface area contributed by atoms with E-state index in [0.717, 1.165) is 22.2 Å². The Morgan fingerprint density at radius 1 is 1.17 bits per heavy atom. The van der Waals surface area contributed by atoms with Crippen molar-refractivity contribution in [2.24, 2.45) is 0 Å². The molecule has 29 heavy (non-hydrogen) atoms. The molecule has 7 heteroatoms. The van der Waals surface area contributed by atoms with Crippen molar-refractivity contribution in [1.29, 1.82) is 0 Å². The number of aromatic nitrogens is 1. The van der Waals surface area contributed by atoms with E-state index in [0.29, 0.717) is 22.2 Å². The number of carbonyl (C=O) groups excluding carboxylic acids is 1. The van der Waals surface area contributed by atoms with Crippen molar-refractivity contribution < 1.29 is 14.3 Å². The Labute approximate surface area is 172 Å². The van der Waals surface area contributed by atoms with E-state index in [1.807, 2.05) is 55.5 Å². The quantitative estimate of drug-likeness (QED) is 0.639. The molecule has 1 atom stereocenters. The molecule has 2 aliphatic rings. The molecule has 0 fully saturated rings. The van der Waals surface area contributed by atoms with Gasteiger partial charge in [0.1, 0.15) is 11.2 Å². The highest BCUT2D eigenvalue weighted by molar-refractivity contribution is 6.30. The van der Waals surface area contributed by atoms with Gasteiger partial charge in [-0.2, -0.15) is 0 Å². The smallest absolute Gasteiger partial charge is 0.238 e. The van der Waals surface area contributed by atoms with Crippen LogP contribution < -0.4 is 14.9 Å². The number of ether oxygens (including phenoxy) is 2. The first-order chi connectivity index (χ1) is 14.0. The summed E-state index contributed by atoms with van der Waals surface area (Å²) >= 11 is 6.54. The number of amides is 1. The number of aryl methyl sites for hydroxylation is 1. The molecule has 0 aliphatic carbocycles. The van der Waals surface area contributed by atoms with Crippen molar-refractivity contribution in [3.05, 3.63) is 70.4 Å². The highest BCUT2D eigenvalue weighted by Gasteiger charge is 2.31. The Morgan fingerprint density at radius 2 is 1.90 bits per heavy atom. The third-order valence-corrected chi connectivity index (χ3v) is 5.46. The van der Waals surface area contributed by atoms with E-state index in [4.69, 9.17) is 21.1 Å². The summed E-state index contributed by atoms with van der Waals surface area (Å²) in [5.74, 6) is 1.22. The minimum Gasteiger partial charge on any atom is -0.454 e. The van der Waals surface area contributed by atoms with Crippen LogP contribution in [-0.2, 0) is 4.79 Å². The first-order valence-corrected chi connectivity index (χ1v) is 9.62. The lowest BCUT2D eigenvalue weighted by molar-refractivity contribution is -0.132. The lowest BCUT2D eigenvalue weighted by Gasteiger charge is -2.24. The molecular formula is C22H18ClN3O3. The average Bonchev–Trinajstić information content (AvgIpc) is 3.33. The topological polar surface area (TPSA) is 63.7 Å². The second-order valence-corrected chi connectivity index (χ2v) is 7.52. The number of fused-ring (bicyclic) bond motifs is 2. The fraction of sp³-hybridized carbons (Fsp3) is 0.182. The number of hydrogen-bond donors (Lipinski definition) is 1. The molecule has 0 radical (unpaired) electrons. The highest BCUT2D eigenvalue weighted by Crippen LogP contribution is 2.39. The van der Waals surface area contributed by atoms with E-state index in [-0.39, 0.29) is 18.7 Å². The Bertz CT molecular complexity index is 1170. The van der Waals surface area contributed by atoms with E-state index < -0.39 is 0 Å². The van der Waals surface area contributed by atoms with Crippen LogP contribution in [0.25, 0.3) is 16.6 Å². The molecule has 5 rings (SSSR count). The van der Waals surface area contributed by atoms with Crippen molar-refractivity contribution in [2.45, 2.75) is 19.9 Å². The van der Waals surface area contributed by atoms with Crippen LogP contribution in [0.1, 0.15) is 29.7 Å². The summed E-state index contributed by atoms with van der Waals surface area (Å²) < 4.78 is 10.9. The Balaban J connectivity index is 1.60. The summed E-state index contributed by atoms with van der Waals surface area (Å²) in [6, 6.07) is 13.4. The van der Waals surface area contributed by atoms with Crippen molar-refractivity contribution >= 4 is 34.1 Å². The van der Waals surface area contributed by atoms with Crippen LogP contribution in [0.4, 0.5) is 0 Å². The zero-order valence-corrected chi connectivity index (χ0v) is 16.7. The SMILES string of the molecule is CC(=O)N1NC(c2ccc(C)cc2)=C[C@H]1c1cc2cc3c(cc2nc1Cl)OCO3. The van der Waals surface area contributed by atoms with Gasteiger partial charge in [0, 0.05) is 23.9 Å². The first-order valence-electron chi connectivity index (χ1n) is 9.25. The Morgan fingerprint density at radius 3 is 2.62 bits per heavy atom. The summed E-state index contributed by atoms with van der Waals surface area (Å²) in [6.07, 6.45) is 1.99. The molecule has 146 valence electrons. The monoisotopic (exact) mass is 407 g/mol. The van der Waals surface area contributed by atoms with Gasteiger partial charge in [-0.05, 0) is 30.7 Å². The summed E-state index contributed by atoms with van der Waals surface area (Å²) in [7, 11) is 0. The van der Waals surface area contributed by atoms with Gasteiger partial charge in [-0.1, -0.05) is 41.4 Å². The van der Waals surface area contributed by atoms with Crippen LogP contribution in [0.15, 0.2) is 48.5 Å². The van der Waals surface area contributed by atoms with Gasteiger partial charge in [0.25, 0.3) is 0 Å². The lowest BCUT2D eigenvalue weighted by atomic mass is 10.0. The average molecular weight is 408 g/mol. The molecule has 0 saturated heterocycles. The second-order valence-electron chi connectivity index (χ2n) is 7.16. The van der Waals surface area contributed by atoms with Gasteiger partial charge in [0.15, 0.2) is 11.5 Å². The van der Waals surface area contributed by atoms with Crippen LogP contribution >= 0.6 is 11.6 Å². The third-order valence-electron chi connectivity index (χ3n) is 5.15. The number of hydrazine groups is 1. The summed E-state index contributed by atoms with van der Waals surface area (Å²) in [4.78, 5) is 16.9. The molecule has 1 aromatic heterocycles. The van der Waals surface area contributed by atoms with Gasteiger partial charge >= 0.3 is 0 Å². The zero-order chi connectivity index (χ0) is 20.1. The summed E-state index contributed by atoms with van der Waals surface area (Å²) in [5, 5.41) is 2.78. The fourth-order valence-electron chi connectivity index (χ4n) is 3.63. The van der Waals surface area contributed by atoms with Gasteiger partial charge in [-0.15, -0.1) is 0 Å². The minimum absolute atomic E-state index is 0.116. The van der Waals surface area contributed by atoms with Crippen molar-refractivity contribution in [2.75, 3.05) is 6.79 Å². The molecule has 0 unspecified atom stereocenters. The molecule has 1 amide bonds. The second kappa shape index (κ2) is 6.67. The summed E-state index contributed by atoms with van der Waals surface area (Å²) in [5.41, 5.74) is 7.68.